The number of nitrogens with one attached hydrogen (secondary N) is 1. The Morgan fingerprint density at radius 1 is 1.20 bits per heavy atom. The summed E-state index contributed by atoms with van der Waals surface area (Å²) in [6.45, 7) is 0.502. The van der Waals surface area contributed by atoms with E-state index in [4.69, 9.17) is 4.74 Å². The molecule has 0 aliphatic heterocycles. The van der Waals surface area contributed by atoms with E-state index < -0.39 is 12.1 Å². The zero-order chi connectivity index (χ0) is 14.6. The van der Waals surface area contributed by atoms with Crippen molar-refractivity contribution in [3.05, 3.63) is 29.3 Å². The quantitative estimate of drug-likeness (QED) is 0.920. The minimum Gasteiger partial charge on any atom is -0.426 e. The van der Waals surface area contributed by atoms with Crippen LogP contribution in [0.4, 0.5) is 13.2 Å². The topological polar surface area (TPSA) is 56.3 Å². The highest BCUT2D eigenvalue weighted by molar-refractivity contribution is 7.13. The molecule has 5 nitrogen and oxygen atoms in total. The van der Waals surface area contributed by atoms with Gasteiger partial charge in [-0.1, -0.05) is 28.6 Å². The molecule has 0 fully saturated rings. The first-order valence-electron chi connectivity index (χ1n) is 5.47. The van der Waals surface area contributed by atoms with Crippen LogP contribution in [0.15, 0.2) is 24.3 Å². The smallest absolute Gasteiger partial charge is 0.426 e. The number of rotatable bonds is 5. The summed E-state index contributed by atoms with van der Waals surface area (Å²) in [5, 5.41) is 11.3. The first-order chi connectivity index (χ1) is 9.48. The van der Waals surface area contributed by atoms with Crippen LogP contribution in [-0.4, -0.2) is 23.6 Å². The number of hydrogen-bond acceptors (Lipinski definition) is 6. The molecule has 2 rings (SSSR count). The molecule has 0 atom stereocenters. The van der Waals surface area contributed by atoms with Gasteiger partial charge in [0.15, 0.2) is 11.5 Å². The van der Waals surface area contributed by atoms with Crippen molar-refractivity contribution in [1.82, 2.24) is 15.5 Å². The maximum absolute atomic E-state index is 12.3. The van der Waals surface area contributed by atoms with E-state index in [0.717, 1.165) is 11.3 Å². The average Bonchev–Trinajstić information content (AvgIpc) is 2.78. The zero-order valence-corrected chi connectivity index (χ0v) is 11.1. The first-order valence-corrected chi connectivity index (χ1v) is 6.29. The average molecular weight is 305 g/mol. The number of hydrogen-bond donors (Lipinski definition) is 1. The zero-order valence-electron chi connectivity index (χ0n) is 10.3. The summed E-state index contributed by atoms with van der Waals surface area (Å²) in [4.78, 5) is 0. The summed E-state index contributed by atoms with van der Waals surface area (Å²) in [6, 6.07) is 5.48. The van der Waals surface area contributed by atoms with Crippen molar-refractivity contribution in [2.24, 2.45) is 0 Å². The van der Waals surface area contributed by atoms with Gasteiger partial charge in [0.25, 0.3) is 5.19 Å². The molecular weight excluding hydrogens is 295 g/mol. The molecule has 0 saturated heterocycles. The Morgan fingerprint density at radius 3 is 2.55 bits per heavy atom. The van der Waals surface area contributed by atoms with Crippen LogP contribution >= 0.6 is 11.3 Å². The van der Waals surface area contributed by atoms with Crippen molar-refractivity contribution in [1.29, 1.82) is 0 Å². The van der Waals surface area contributed by atoms with Crippen LogP contribution in [0.2, 0.25) is 0 Å². The fraction of sp³-hybridized carbons (Fsp3) is 0.273. The number of nitrogens with zero attached hydrogens (tertiary/aromatic N) is 2. The first kappa shape index (κ1) is 14.5. The van der Waals surface area contributed by atoms with Gasteiger partial charge in [0, 0.05) is 6.54 Å². The third-order valence-electron chi connectivity index (χ3n) is 2.05. The molecule has 1 N–H and O–H groups in total. The predicted octanol–water partition coefficient (Wildman–Crippen LogP) is 2.95. The Morgan fingerprint density at radius 2 is 1.90 bits per heavy atom. The molecule has 0 bridgehead atoms. The summed E-state index contributed by atoms with van der Waals surface area (Å²) >= 11 is 1.14. The van der Waals surface area contributed by atoms with E-state index in [1.54, 1.807) is 7.05 Å². The van der Waals surface area contributed by atoms with E-state index in [-0.39, 0.29) is 10.9 Å². The number of halogens is 3. The second-order valence-corrected chi connectivity index (χ2v) is 4.61. The van der Waals surface area contributed by atoms with Gasteiger partial charge < -0.3 is 14.8 Å². The van der Waals surface area contributed by atoms with Gasteiger partial charge in [0.05, 0.1) is 0 Å². The number of para-hydroxylation sites is 2. The minimum absolute atomic E-state index is 0.0722. The molecule has 1 aromatic carbocycles. The molecule has 1 heterocycles. The Balaban J connectivity index is 2.15. The van der Waals surface area contributed by atoms with E-state index in [2.05, 4.69) is 20.3 Å². The molecule has 0 aliphatic rings. The lowest BCUT2D eigenvalue weighted by molar-refractivity contribution is -0.275. The lowest BCUT2D eigenvalue weighted by atomic mass is 10.3. The molecule has 0 aliphatic carbocycles. The van der Waals surface area contributed by atoms with Crippen molar-refractivity contribution in [3.63, 3.8) is 0 Å². The maximum Gasteiger partial charge on any atom is 0.573 e. The van der Waals surface area contributed by atoms with Gasteiger partial charge in [-0.25, -0.2) is 0 Å². The van der Waals surface area contributed by atoms with Gasteiger partial charge in [0.1, 0.15) is 5.01 Å². The van der Waals surface area contributed by atoms with Crippen molar-refractivity contribution in [3.8, 4) is 16.7 Å². The fourth-order valence-corrected chi connectivity index (χ4v) is 2.05. The molecule has 0 unspecified atom stereocenters. The molecule has 9 heteroatoms. The molecule has 20 heavy (non-hydrogen) atoms. The van der Waals surface area contributed by atoms with Crippen LogP contribution in [0, 0.1) is 0 Å². The van der Waals surface area contributed by atoms with Crippen LogP contribution in [0.25, 0.3) is 0 Å². The van der Waals surface area contributed by atoms with E-state index in [1.165, 1.54) is 24.3 Å². The minimum atomic E-state index is -4.78. The Hall–Kier alpha value is -1.87. The summed E-state index contributed by atoms with van der Waals surface area (Å²) in [7, 11) is 1.74. The van der Waals surface area contributed by atoms with Crippen LogP contribution in [-0.2, 0) is 6.54 Å². The largest absolute Gasteiger partial charge is 0.573 e. The second kappa shape index (κ2) is 6.06. The van der Waals surface area contributed by atoms with E-state index in [1.807, 2.05) is 0 Å². The Bertz CT molecular complexity index is 574. The van der Waals surface area contributed by atoms with Crippen molar-refractivity contribution >= 4 is 11.3 Å². The lowest BCUT2D eigenvalue weighted by Gasteiger charge is -2.11. The van der Waals surface area contributed by atoms with Crippen molar-refractivity contribution in [2.45, 2.75) is 12.9 Å². The predicted molar refractivity (Wildman–Crippen MR) is 65.9 cm³/mol. The molecule has 0 spiro atoms. The SMILES string of the molecule is CNCc1nnc(Oc2ccccc2OC(F)(F)F)s1. The molecule has 2 aromatic rings. The molecule has 0 radical (unpaired) electrons. The van der Waals surface area contributed by atoms with Crippen LogP contribution in [0.1, 0.15) is 5.01 Å². The van der Waals surface area contributed by atoms with Gasteiger partial charge in [-0.15, -0.1) is 18.3 Å². The Labute approximate surface area is 116 Å². The summed E-state index contributed by atoms with van der Waals surface area (Å²) < 4.78 is 45.9. The van der Waals surface area contributed by atoms with Gasteiger partial charge in [0.2, 0.25) is 0 Å². The third kappa shape index (κ3) is 4.07. The second-order valence-electron chi connectivity index (χ2n) is 3.59. The molecular formula is C11H10F3N3O2S. The highest BCUT2D eigenvalue weighted by Crippen LogP contribution is 2.35. The van der Waals surface area contributed by atoms with Gasteiger partial charge in [-0.2, -0.15) is 0 Å². The molecule has 0 saturated carbocycles. The Kier molecular flexibility index (Phi) is 4.40. The van der Waals surface area contributed by atoms with Gasteiger partial charge in [-0.05, 0) is 19.2 Å². The third-order valence-corrected chi connectivity index (χ3v) is 2.85. The van der Waals surface area contributed by atoms with E-state index >= 15 is 0 Å². The summed E-state index contributed by atoms with van der Waals surface area (Å²) in [5.74, 6) is -0.498. The van der Waals surface area contributed by atoms with Crippen molar-refractivity contribution < 1.29 is 22.6 Å². The standard InChI is InChI=1S/C11H10F3N3O2S/c1-15-6-9-16-17-10(20-9)18-7-4-2-3-5-8(7)19-11(12,13)14/h2-5,15H,6H2,1H3. The van der Waals surface area contributed by atoms with Crippen LogP contribution in [0.5, 0.6) is 16.7 Å². The van der Waals surface area contributed by atoms with E-state index in [0.29, 0.717) is 11.6 Å². The highest BCUT2D eigenvalue weighted by Gasteiger charge is 2.32. The monoisotopic (exact) mass is 305 g/mol. The molecule has 0 amide bonds. The van der Waals surface area contributed by atoms with Crippen LogP contribution in [0.3, 0.4) is 0 Å². The van der Waals surface area contributed by atoms with Gasteiger partial charge >= 0.3 is 6.36 Å². The molecule has 108 valence electrons. The lowest BCUT2D eigenvalue weighted by Crippen LogP contribution is -2.17. The molecule has 1 aromatic heterocycles. The maximum atomic E-state index is 12.3. The highest BCUT2D eigenvalue weighted by atomic mass is 32.1. The number of benzene rings is 1. The normalized spacial score (nSPS) is 11.4. The van der Waals surface area contributed by atoms with E-state index in [9.17, 15) is 13.2 Å². The fourth-order valence-electron chi connectivity index (χ4n) is 1.34. The van der Waals surface area contributed by atoms with Crippen LogP contribution < -0.4 is 14.8 Å². The number of ether oxygens (including phenoxy) is 2. The summed E-state index contributed by atoms with van der Waals surface area (Å²) in [6.07, 6.45) is -4.78. The van der Waals surface area contributed by atoms with Crippen molar-refractivity contribution in [2.75, 3.05) is 7.05 Å². The summed E-state index contributed by atoms with van der Waals surface area (Å²) in [5.41, 5.74) is 0. The van der Waals surface area contributed by atoms with Gasteiger partial charge in [-0.3, -0.25) is 0 Å². The number of alkyl halides is 3. The number of aromatic nitrogens is 2.